The molecule has 1 N–H and O–H groups in total. The van der Waals surface area contributed by atoms with Crippen LogP contribution in [0.25, 0.3) is 0 Å². The summed E-state index contributed by atoms with van der Waals surface area (Å²) in [5, 5.41) is 12.1. The highest BCUT2D eigenvalue weighted by Gasteiger charge is 2.21. The van der Waals surface area contributed by atoms with E-state index in [1.807, 2.05) is 27.7 Å². The lowest BCUT2D eigenvalue weighted by Crippen LogP contribution is -2.43. The Kier molecular flexibility index (Phi) is 6.59. The third-order valence-corrected chi connectivity index (χ3v) is 4.05. The fraction of sp³-hybridized carbons (Fsp3) is 0.727. The molecule has 0 spiro atoms. The number of rotatable bonds is 7. The van der Waals surface area contributed by atoms with Gasteiger partial charge in [0, 0.05) is 11.8 Å². The highest BCUT2D eigenvalue weighted by molar-refractivity contribution is 8.01. The second-order valence-electron chi connectivity index (χ2n) is 4.02. The van der Waals surface area contributed by atoms with Gasteiger partial charge >= 0.3 is 5.97 Å². The van der Waals surface area contributed by atoms with Crippen molar-refractivity contribution in [1.29, 1.82) is 0 Å². The predicted molar refractivity (Wildman–Crippen MR) is 74.1 cm³/mol. The topological polar surface area (TPSA) is 64.1 Å². The largest absolute Gasteiger partial charge is 0.465 e. The molecule has 0 radical (unpaired) electrons. The van der Waals surface area contributed by atoms with Crippen molar-refractivity contribution in [2.75, 3.05) is 12.4 Å². The SMILES string of the molecule is CCOC(=O)C(CSc1nnc(C)s1)NC(C)C. The summed E-state index contributed by atoms with van der Waals surface area (Å²) in [6, 6.07) is -0.0738. The molecule has 0 saturated carbocycles. The molecular weight excluding hydrogens is 270 g/mol. The van der Waals surface area contributed by atoms with E-state index in [4.69, 9.17) is 4.74 Å². The minimum Gasteiger partial charge on any atom is -0.465 e. The maximum atomic E-state index is 11.8. The molecule has 1 heterocycles. The molecule has 102 valence electrons. The quantitative estimate of drug-likeness (QED) is 0.610. The third kappa shape index (κ3) is 5.32. The molecule has 5 nitrogen and oxygen atoms in total. The van der Waals surface area contributed by atoms with Gasteiger partial charge in [-0.05, 0) is 13.8 Å². The molecule has 0 aliphatic rings. The number of aryl methyl sites for hydroxylation is 1. The van der Waals surface area contributed by atoms with Gasteiger partial charge in [-0.15, -0.1) is 10.2 Å². The molecule has 1 unspecified atom stereocenters. The summed E-state index contributed by atoms with van der Waals surface area (Å²) in [7, 11) is 0. The van der Waals surface area contributed by atoms with Crippen LogP contribution in [0.1, 0.15) is 25.8 Å². The van der Waals surface area contributed by atoms with E-state index in [-0.39, 0.29) is 18.1 Å². The van der Waals surface area contributed by atoms with Gasteiger partial charge in [-0.25, -0.2) is 0 Å². The normalized spacial score (nSPS) is 12.7. The second-order valence-corrected chi connectivity index (χ2v) is 6.47. The van der Waals surface area contributed by atoms with Gasteiger partial charge in [0.2, 0.25) is 0 Å². The molecule has 1 atom stereocenters. The first-order valence-corrected chi connectivity index (χ1v) is 7.68. The van der Waals surface area contributed by atoms with Crippen molar-refractivity contribution in [3.63, 3.8) is 0 Å². The van der Waals surface area contributed by atoms with Crippen LogP contribution in [0.15, 0.2) is 4.34 Å². The number of nitrogens with zero attached hydrogens (tertiary/aromatic N) is 2. The Labute approximate surface area is 116 Å². The molecule has 0 saturated heterocycles. The Balaban J connectivity index is 2.52. The Hall–Kier alpha value is -0.660. The number of hydrogen-bond donors (Lipinski definition) is 1. The first-order chi connectivity index (χ1) is 8.52. The zero-order chi connectivity index (χ0) is 13.5. The molecule has 1 aromatic heterocycles. The molecule has 7 heteroatoms. The van der Waals surface area contributed by atoms with Crippen LogP contribution in [0.3, 0.4) is 0 Å². The first kappa shape index (κ1) is 15.4. The van der Waals surface area contributed by atoms with Crippen LogP contribution in [0.2, 0.25) is 0 Å². The zero-order valence-corrected chi connectivity index (χ0v) is 12.7. The van der Waals surface area contributed by atoms with E-state index in [9.17, 15) is 4.79 Å². The lowest BCUT2D eigenvalue weighted by atomic mass is 10.3. The van der Waals surface area contributed by atoms with E-state index in [1.165, 1.54) is 23.1 Å². The van der Waals surface area contributed by atoms with E-state index < -0.39 is 0 Å². The smallest absolute Gasteiger partial charge is 0.324 e. The molecule has 18 heavy (non-hydrogen) atoms. The zero-order valence-electron chi connectivity index (χ0n) is 11.1. The fourth-order valence-electron chi connectivity index (χ4n) is 1.32. The molecule has 0 aliphatic heterocycles. The van der Waals surface area contributed by atoms with Crippen LogP contribution >= 0.6 is 23.1 Å². The van der Waals surface area contributed by atoms with Gasteiger partial charge in [0.05, 0.1) is 6.61 Å². The number of esters is 1. The average molecular weight is 289 g/mol. The first-order valence-electron chi connectivity index (χ1n) is 5.88. The molecule has 0 bridgehead atoms. The lowest BCUT2D eigenvalue weighted by molar-refractivity contribution is -0.145. The summed E-state index contributed by atoms with van der Waals surface area (Å²) >= 11 is 3.06. The number of ether oxygens (including phenoxy) is 1. The fourth-order valence-corrected chi connectivity index (χ4v) is 3.18. The Bertz CT molecular complexity index is 382. The van der Waals surface area contributed by atoms with Crippen LogP contribution in [0, 0.1) is 6.92 Å². The van der Waals surface area contributed by atoms with Crippen molar-refractivity contribution >= 4 is 29.1 Å². The number of hydrogen-bond acceptors (Lipinski definition) is 7. The van der Waals surface area contributed by atoms with Crippen LogP contribution in [0.5, 0.6) is 0 Å². The predicted octanol–water partition coefficient (Wildman–Crippen LogP) is 1.87. The van der Waals surface area contributed by atoms with E-state index in [0.717, 1.165) is 9.35 Å². The van der Waals surface area contributed by atoms with E-state index in [2.05, 4.69) is 15.5 Å². The number of aromatic nitrogens is 2. The number of carbonyl (C=O) groups excluding carboxylic acids is 1. The summed E-state index contributed by atoms with van der Waals surface area (Å²) in [5.41, 5.74) is 0. The third-order valence-electron chi connectivity index (χ3n) is 1.99. The Morgan fingerprint density at radius 1 is 1.50 bits per heavy atom. The molecular formula is C11H19N3O2S2. The van der Waals surface area contributed by atoms with Crippen LogP contribution < -0.4 is 5.32 Å². The van der Waals surface area contributed by atoms with E-state index >= 15 is 0 Å². The van der Waals surface area contributed by atoms with Gasteiger partial charge in [-0.3, -0.25) is 4.79 Å². The van der Waals surface area contributed by atoms with Crippen molar-refractivity contribution in [2.24, 2.45) is 0 Å². The van der Waals surface area contributed by atoms with Gasteiger partial charge in [-0.2, -0.15) is 0 Å². The van der Waals surface area contributed by atoms with Gasteiger partial charge in [-0.1, -0.05) is 36.9 Å². The molecule has 0 fully saturated rings. The van der Waals surface area contributed by atoms with Crippen molar-refractivity contribution in [2.45, 2.75) is 44.1 Å². The lowest BCUT2D eigenvalue weighted by Gasteiger charge is -2.18. The van der Waals surface area contributed by atoms with Gasteiger partial charge in [0.25, 0.3) is 0 Å². The highest BCUT2D eigenvalue weighted by atomic mass is 32.2. The van der Waals surface area contributed by atoms with Crippen molar-refractivity contribution in [3.8, 4) is 0 Å². The number of thioether (sulfide) groups is 1. The molecule has 0 aromatic carbocycles. The van der Waals surface area contributed by atoms with E-state index in [1.54, 1.807) is 0 Å². The Morgan fingerprint density at radius 2 is 2.22 bits per heavy atom. The highest BCUT2D eigenvalue weighted by Crippen LogP contribution is 2.22. The molecule has 1 aromatic rings. The summed E-state index contributed by atoms with van der Waals surface area (Å²) < 4.78 is 5.93. The van der Waals surface area contributed by atoms with Crippen LogP contribution in [0.4, 0.5) is 0 Å². The van der Waals surface area contributed by atoms with Gasteiger partial charge < -0.3 is 10.1 Å². The van der Waals surface area contributed by atoms with Crippen molar-refractivity contribution in [3.05, 3.63) is 5.01 Å². The van der Waals surface area contributed by atoms with Crippen molar-refractivity contribution < 1.29 is 9.53 Å². The van der Waals surface area contributed by atoms with E-state index in [0.29, 0.717) is 12.4 Å². The summed E-state index contributed by atoms with van der Waals surface area (Å²) in [5.74, 6) is 0.394. The van der Waals surface area contributed by atoms with Crippen LogP contribution in [-0.2, 0) is 9.53 Å². The molecule has 0 amide bonds. The van der Waals surface area contributed by atoms with Gasteiger partial charge in [0.1, 0.15) is 11.0 Å². The second kappa shape index (κ2) is 7.70. The van der Waals surface area contributed by atoms with Crippen molar-refractivity contribution in [1.82, 2.24) is 15.5 Å². The summed E-state index contributed by atoms with van der Waals surface area (Å²) in [4.78, 5) is 11.8. The summed E-state index contributed by atoms with van der Waals surface area (Å²) in [6.07, 6.45) is 0. The standard InChI is InChI=1S/C11H19N3O2S2/c1-5-16-10(15)9(12-7(2)3)6-17-11-14-13-8(4)18-11/h7,9,12H,5-6H2,1-4H3. The number of nitrogens with one attached hydrogen (secondary N) is 1. The maximum absolute atomic E-state index is 11.8. The minimum absolute atomic E-state index is 0.208. The van der Waals surface area contributed by atoms with Gasteiger partial charge in [0.15, 0.2) is 4.34 Å². The minimum atomic E-state index is -0.306. The Morgan fingerprint density at radius 3 is 2.72 bits per heavy atom. The average Bonchev–Trinajstić information content (AvgIpc) is 2.70. The summed E-state index contributed by atoms with van der Waals surface area (Å²) in [6.45, 7) is 8.14. The maximum Gasteiger partial charge on any atom is 0.324 e. The van der Waals surface area contributed by atoms with Crippen LogP contribution in [-0.4, -0.2) is 40.6 Å². The monoisotopic (exact) mass is 289 g/mol. The molecule has 0 aliphatic carbocycles. The molecule has 1 rings (SSSR count). The number of carbonyl (C=O) groups is 1.